The molecule has 2 amide bonds. The predicted octanol–water partition coefficient (Wildman–Crippen LogP) is 2.33. The number of rotatable bonds is 5. The van der Waals surface area contributed by atoms with E-state index in [-0.39, 0.29) is 16.6 Å². The topological polar surface area (TPSA) is 99.7 Å². The van der Waals surface area contributed by atoms with Gasteiger partial charge in [-0.2, -0.15) is 0 Å². The van der Waals surface area contributed by atoms with Crippen molar-refractivity contribution in [3.05, 3.63) is 59.7 Å². The van der Waals surface area contributed by atoms with Crippen LogP contribution in [0.15, 0.2) is 48.5 Å². The molecule has 0 aliphatic heterocycles. The Morgan fingerprint density at radius 3 is 2.12 bits per heavy atom. The zero-order valence-corrected chi connectivity index (χ0v) is 14.2. The Labute approximate surface area is 150 Å². The highest BCUT2D eigenvalue weighted by Gasteiger charge is 2.09. The minimum Gasteiger partial charge on any atom is -0.494 e. The van der Waals surface area contributed by atoms with Gasteiger partial charge >= 0.3 is 0 Å². The van der Waals surface area contributed by atoms with Crippen molar-refractivity contribution in [2.24, 2.45) is 0 Å². The zero-order chi connectivity index (χ0) is 18.2. The van der Waals surface area contributed by atoms with E-state index in [9.17, 15) is 9.59 Å². The van der Waals surface area contributed by atoms with Crippen molar-refractivity contribution in [1.82, 2.24) is 10.8 Å². The SMILES string of the molecule is CCOc1ccc(C(=O)NC(=S)Nc2ccc(C(=O)NO)cc2)cc1. The van der Waals surface area contributed by atoms with Crippen LogP contribution in [-0.2, 0) is 0 Å². The number of carbonyl (C=O) groups is 2. The molecular weight excluding hydrogens is 342 g/mol. The molecule has 2 aromatic carbocycles. The van der Waals surface area contributed by atoms with E-state index in [1.807, 2.05) is 6.92 Å². The molecule has 0 saturated heterocycles. The fourth-order valence-electron chi connectivity index (χ4n) is 1.98. The zero-order valence-electron chi connectivity index (χ0n) is 13.4. The van der Waals surface area contributed by atoms with Crippen LogP contribution in [0.5, 0.6) is 5.75 Å². The number of amides is 2. The number of carbonyl (C=O) groups excluding carboxylic acids is 2. The summed E-state index contributed by atoms with van der Waals surface area (Å²) in [5, 5.41) is 14.1. The summed E-state index contributed by atoms with van der Waals surface area (Å²) in [5.41, 5.74) is 2.87. The molecular formula is C17H17N3O4S. The van der Waals surface area contributed by atoms with Gasteiger partial charge in [-0.25, -0.2) is 5.48 Å². The lowest BCUT2D eigenvalue weighted by molar-refractivity contribution is 0.0706. The van der Waals surface area contributed by atoms with Gasteiger partial charge in [0.1, 0.15) is 5.75 Å². The summed E-state index contributed by atoms with van der Waals surface area (Å²) in [5.74, 6) is -0.276. The second kappa shape index (κ2) is 8.76. The molecule has 130 valence electrons. The van der Waals surface area contributed by atoms with Crippen LogP contribution in [0.2, 0.25) is 0 Å². The molecule has 0 spiro atoms. The number of ether oxygens (including phenoxy) is 1. The molecule has 0 bridgehead atoms. The first-order valence-electron chi connectivity index (χ1n) is 7.43. The molecule has 7 nitrogen and oxygen atoms in total. The van der Waals surface area contributed by atoms with Gasteiger partial charge in [0, 0.05) is 16.8 Å². The van der Waals surface area contributed by atoms with Crippen LogP contribution in [-0.4, -0.2) is 28.7 Å². The summed E-state index contributed by atoms with van der Waals surface area (Å²) in [7, 11) is 0. The highest BCUT2D eigenvalue weighted by atomic mass is 32.1. The number of benzene rings is 2. The van der Waals surface area contributed by atoms with E-state index in [2.05, 4.69) is 10.6 Å². The Kier molecular flexibility index (Phi) is 6.44. The molecule has 8 heteroatoms. The molecule has 0 fully saturated rings. The van der Waals surface area contributed by atoms with Gasteiger partial charge in [0.15, 0.2) is 5.11 Å². The number of anilines is 1. The Hall–Kier alpha value is -2.97. The summed E-state index contributed by atoms with van der Waals surface area (Å²) < 4.78 is 5.32. The Balaban J connectivity index is 1.92. The van der Waals surface area contributed by atoms with Crippen molar-refractivity contribution in [1.29, 1.82) is 0 Å². The van der Waals surface area contributed by atoms with Gasteiger partial charge in [0.2, 0.25) is 0 Å². The lowest BCUT2D eigenvalue weighted by Gasteiger charge is -2.10. The maximum absolute atomic E-state index is 12.1. The maximum Gasteiger partial charge on any atom is 0.274 e. The molecule has 2 aromatic rings. The van der Waals surface area contributed by atoms with Crippen LogP contribution >= 0.6 is 12.2 Å². The van der Waals surface area contributed by atoms with Gasteiger partial charge in [-0.15, -0.1) is 0 Å². The molecule has 0 saturated carbocycles. The smallest absolute Gasteiger partial charge is 0.274 e. The van der Waals surface area contributed by atoms with Crippen molar-refractivity contribution < 1.29 is 19.5 Å². The first kappa shape index (κ1) is 18.4. The van der Waals surface area contributed by atoms with Gasteiger partial charge in [-0.1, -0.05) is 0 Å². The van der Waals surface area contributed by atoms with E-state index in [4.69, 9.17) is 22.2 Å². The Morgan fingerprint density at radius 2 is 1.56 bits per heavy atom. The first-order valence-corrected chi connectivity index (χ1v) is 7.84. The summed E-state index contributed by atoms with van der Waals surface area (Å²) in [6.07, 6.45) is 0. The molecule has 0 aromatic heterocycles. The standard InChI is InChI=1S/C17H17N3O4S/c1-2-24-14-9-5-11(6-10-14)15(21)19-17(25)18-13-7-3-12(4-8-13)16(22)20-23/h3-10,23H,2H2,1H3,(H,20,22)(H2,18,19,21,25). The first-order chi connectivity index (χ1) is 12.0. The van der Waals surface area contributed by atoms with Gasteiger partial charge in [-0.05, 0) is 67.7 Å². The minimum absolute atomic E-state index is 0.123. The number of nitrogens with one attached hydrogen (secondary N) is 3. The third-order valence-electron chi connectivity index (χ3n) is 3.16. The monoisotopic (exact) mass is 359 g/mol. The lowest BCUT2D eigenvalue weighted by atomic mass is 10.2. The molecule has 0 atom stereocenters. The van der Waals surface area contributed by atoms with E-state index >= 15 is 0 Å². The number of hydrogen-bond donors (Lipinski definition) is 4. The summed E-state index contributed by atoms with van der Waals surface area (Å²) in [6, 6.07) is 12.9. The van der Waals surface area contributed by atoms with Crippen molar-refractivity contribution in [3.63, 3.8) is 0 Å². The largest absolute Gasteiger partial charge is 0.494 e. The highest BCUT2D eigenvalue weighted by molar-refractivity contribution is 7.80. The lowest BCUT2D eigenvalue weighted by Crippen LogP contribution is -2.34. The van der Waals surface area contributed by atoms with E-state index in [0.29, 0.717) is 23.6 Å². The summed E-state index contributed by atoms with van der Waals surface area (Å²) in [6.45, 7) is 2.44. The molecule has 0 radical (unpaired) electrons. The number of thiocarbonyl (C=S) groups is 1. The Morgan fingerprint density at radius 1 is 1.00 bits per heavy atom. The van der Waals surface area contributed by atoms with Crippen LogP contribution in [0.1, 0.15) is 27.6 Å². The van der Waals surface area contributed by atoms with Crippen LogP contribution in [0.3, 0.4) is 0 Å². The summed E-state index contributed by atoms with van der Waals surface area (Å²) >= 11 is 5.10. The predicted molar refractivity (Wildman–Crippen MR) is 97.0 cm³/mol. The third kappa shape index (κ3) is 5.27. The minimum atomic E-state index is -0.613. The number of hydroxylamine groups is 1. The van der Waals surface area contributed by atoms with Crippen molar-refractivity contribution in [2.75, 3.05) is 11.9 Å². The van der Waals surface area contributed by atoms with E-state index in [1.165, 1.54) is 12.1 Å². The molecule has 2 rings (SSSR count). The Bertz CT molecular complexity index is 760. The van der Waals surface area contributed by atoms with Crippen LogP contribution in [0.25, 0.3) is 0 Å². The van der Waals surface area contributed by atoms with Gasteiger partial charge in [-0.3, -0.25) is 20.1 Å². The third-order valence-corrected chi connectivity index (χ3v) is 3.37. The molecule has 0 aliphatic carbocycles. The van der Waals surface area contributed by atoms with Gasteiger partial charge in [0.05, 0.1) is 6.61 Å². The quantitative estimate of drug-likeness (QED) is 0.371. The van der Waals surface area contributed by atoms with E-state index in [1.54, 1.807) is 41.9 Å². The molecule has 0 aliphatic rings. The average molecular weight is 359 g/mol. The van der Waals surface area contributed by atoms with Crippen molar-refractivity contribution in [2.45, 2.75) is 6.92 Å². The normalized spacial score (nSPS) is 9.84. The second-order valence-electron chi connectivity index (χ2n) is 4.88. The number of hydrogen-bond acceptors (Lipinski definition) is 5. The van der Waals surface area contributed by atoms with Crippen molar-refractivity contribution >= 4 is 34.8 Å². The highest BCUT2D eigenvalue weighted by Crippen LogP contribution is 2.12. The van der Waals surface area contributed by atoms with E-state index in [0.717, 1.165) is 0 Å². The van der Waals surface area contributed by atoms with Crippen LogP contribution < -0.4 is 20.9 Å². The van der Waals surface area contributed by atoms with Crippen molar-refractivity contribution in [3.8, 4) is 5.75 Å². The fraction of sp³-hybridized carbons (Fsp3) is 0.118. The molecule has 0 heterocycles. The fourth-order valence-corrected chi connectivity index (χ4v) is 2.19. The maximum atomic E-state index is 12.1. The van der Waals surface area contributed by atoms with Crippen LogP contribution in [0, 0.1) is 0 Å². The molecule has 25 heavy (non-hydrogen) atoms. The van der Waals surface area contributed by atoms with E-state index < -0.39 is 5.91 Å². The summed E-state index contributed by atoms with van der Waals surface area (Å²) in [4.78, 5) is 23.4. The van der Waals surface area contributed by atoms with Gasteiger partial charge in [0.25, 0.3) is 11.8 Å². The molecule has 4 N–H and O–H groups in total. The molecule has 0 unspecified atom stereocenters. The van der Waals surface area contributed by atoms with Gasteiger partial charge < -0.3 is 10.1 Å². The van der Waals surface area contributed by atoms with Crippen LogP contribution in [0.4, 0.5) is 5.69 Å². The average Bonchev–Trinajstić information content (AvgIpc) is 2.62. The second-order valence-corrected chi connectivity index (χ2v) is 5.29.